The van der Waals surface area contributed by atoms with Crippen molar-refractivity contribution in [1.29, 1.82) is 0 Å². The summed E-state index contributed by atoms with van der Waals surface area (Å²) in [4.78, 5) is 26.3. The summed E-state index contributed by atoms with van der Waals surface area (Å²) in [5, 5.41) is 0. The van der Waals surface area contributed by atoms with Crippen molar-refractivity contribution in [3.63, 3.8) is 0 Å². The van der Waals surface area contributed by atoms with Gasteiger partial charge in [0.1, 0.15) is 16.4 Å². The standard InChI is InChI=1S/C17H22N2O5S/c1-18-16(21)12-25(22,23)17(18)6-8-19(9-7-17)15(20)11-13-4-3-5-14(10-13)24-2/h3-5,10H,6-9,11-12H2,1-2H3. The molecule has 2 heterocycles. The third-order valence-electron chi connectivity index (χ3n) is 5.26. The molecule has 2 amide bonds. The van der Waals surface area contributed by atoms with Crippen molar-refractivity contribution in [3.05, 3.63) is 29.8 Å². The summed E-state index contributed by atoms with van der Waals surface area (Å²) in [5.41, 5.74) is 0.852. The fraction of sp³-hybridized carbons (Fsp3) is 0.529. The second-order valence-electron chi connectivity index (χ2n) is 6.57. The van der Waals surface area contributed by atoms with Gasteiger partial charge in [-0.15, -0.1) is 0 Å². The number of piperidine rings is 1. The zero-order chi connectivity index (χ0) is 18.2. The predicted molar refractivity (Wildman–Crippen MR) is 91.8 cm³/mol. The maximum atomic E-state index is 12.5. The molecule has 1 aromatic rings. The Balaban J connectivity index is 1.68. The molecule has 136 valence electrons. The Morgan fingerprint density at radius 1 is 1.28 bits per heavy atom. The monoisotopic (exact) mass is 366 g/mol. The Morgan fingerprint density at radius 3 is 2.52 bits per heavy atom. The van der Waals surface area contributed by atoms with Crippen LogP contribution in [0.1, 0.15) is 18.4 Å². The number of ether oxygens (including phenoxy) is 1. The quantitative estimate of drug-likeness (QED) is 0.775. The van der Waals surface area contributed by atoms with Crippen LogP contribution in [0.5, 0.6) is 5.75 Å². The lowest BCUT2D eigenvalue weighted by molar-refractivity contribution is -0.134. The zero-order valence-electron chi connectivity index (χ0n) is 14.4. The highest BCUT2D eigenvalue weighted by Crippen LogP contribution is 2.38. The Hall–Kier alpha value is -2.09. The number of hydrogen-bond donors (Lipinski definition) is 0. The van der Waals surface area contributed by atoms with Crippen LogP contribution < -0.4 is 4.74 Å². The Bertz CT molecular complexity index is 797. The third-order valence-corrected chi connectivity index (χ3v) is 7.73. The summed E-state index contributed by atoms with van der Waals surface area (Å²) in [6, 6.07) is 7.33. The van der Waals surface area contributed by atoms with Crippen LogP contribution in [0.2, 0.25) is 0 Å². The molecule has 1 spiro atoms. The van der Waals surface area contributed by atoms with Gasteiger partial charge < -0.3 is 14.5 Å². The van der Waals surface area contributed by atoms with Crippen LogP contribution in [0.15, 0.2) is 24.3 Å². The van der Waals surface area contributed by atoms with E-state index in [1.165, 1.54) is 4.90 Å². The molecule has 2 saturated heterocycles. The number of likely N-dealkylation sites (tertiary alicyclic amines) is 1. The molecule has 0 aliphatic carbocycles. The van der Waals surface area contributed by atoms with Gasteiger partial charge in [-0.3, -0.25) is 9.59 Å². The third kappa shape index (κ3) is 2.99. The lowest BCUT2D eigenvalue weighted by atomic mass is 10.0. The number of nitrogens with zero attached hydrogens (tertiary/aromatic N) is 2. The minimum atomic E-state index is -3.50. The predicted octanol–water partition coefficient (Wildman–Crippen LogP) is 0.443. The second-order valence-corrected chi connectivity index (χ2v) is 8.85. The van der Waals surface area contributed by atoms with Crippen LogP contribution in [-0.2, 0) is 25.8 Å². The van der Waals surface area contributed by atoms with Crippen molar-refractivity contribution >= 4 is 21.7 Å². The molecule has 1 aromatic carbocycles. The molecule has 0 unspecified atom stereocenters. The lowest BCUT2D eigenvalue weighted by Gasteiger charge is -2.41. The summed E-state index contributed by atoms with van der Waals surface area (Å²) in [6.45, 7) is 0.666. The Kier molecular flexibility index (Phi) is 4.49. The van der Waals surface area contributed by atoms with Gasteiger partial charge in [-0.1, -0.05) is 12.1 Å². The van der Waals surface area contributed by atoms with Crippen LogP contribution in [0.4, 0.5) is 0 Å². The summed E-state index contributed by atoms with van der Waals surface area (Å²) in [6.07, 6.45) is 0.772. The SMILES string of the molecule is COc1cccc(CC(=O)N2CCC3(CC2)N(C)C(=O)CS3(=O)=O)c1. The Labute approximate surface area is 147 Å². The first-order valence-electron chi connectivity index (χ1n) is 8.19. The highest BCUT2D eigenvalue weighted by molar-refractivity contribution is 7.93. The summed E-state index contributed by atoms with van der Waals surface area (Å²) >= 11 is 0. The first-order chi connectivity index (χ1) is 11.8. The van der Waals surface area contributed by atoms with E-state index in [9.17, 15) is 18.0 Å². The summed E-state index contributed by atoms with van der Waals surface area (Å²) in [5.74, 6) is -0.148. The first-order valence-corrected chi connectivity index (χ1v) is 9.84. The molecule has 2 aliphatic heterocycles. The fourth-order valence-electron chi connectivity index (χ4n) is 3.65. The number of carbonyl (C=O) groups is 2. The number of sulfone groups is 1. The number of benzene rings is 1. The summed E-state index contributed by atoms with van der Waals surface area (Å²) < 4.78 is 30.0. The van der Waals surface area contributed by atoms with Gasteiger partial charge in [0.25, 0.3) is 0 Å². The number of methoxy groups -OCH3 is 1. The van der Waals surface area contributed by atoms with Crippen molar-refractivity contribution < 1.29 is 22.7 Å². The number of carbonyl (C=O) groups excluding carboxylic acids is 2. The second kappa shape index (κ2) is 6.33. The minimum Gasteiger partial charge on any atom is -0.497 e. The molecule has 0 aromatic heterocycles. The number of amides is 2. The largest absolute Gasteiger partial charge is 0.497 e. The molecular weight excluding hydrogens is 344 g/mol. The van der Waals surface area contributed by atoms with Crippen LogP contribution in [-0.4, -0.2) is 67.9 Å². The molecule has 0 bridgehead atoms. The Morgan fingerprint density at radius 2 is 1.96 bits per heavy atom. The normalized spacial score (nSPS) is 21.6. The molecule has 0 saturated carbocycles. The average molecular weight is 366 g/mol. The van der Waals surface area contributed by atoms with Gasteiger partial charge in [0, 0.05) is 33.0 Å². The topological polar surface area (TPSA) is 84.0 Å². The number of rotatable bonds is 3. The molecule has 0 atom stereocenters. The maximum Gasteiger partial charge on any atom is 0.238 e. The van der Waals surface area contributed by atoms with Gasteiger partial charge in [-0.2, -0.15) is 0 Å². The van der Waals surface area contributed by atoms with Crippen molar-refractivity contribution in [2.45, 2.75) is 24.1 Å². The first kappa shape index (κ1) is 17.7. The molecule has 3 rings (SSSR count). The van der Waals surface area contributed by atoms with Crippen molar-refractivity contribution in [1.82, 2.24) is 9.80 Å². The van der Waals surface area contributed by atoms with Crippen molar-refractivity contribution in [3.8, 4) is 5.75 Å². The van der Waals surface area contributed by atoms with Gasteiger partial charge in [0.05, 0.1) is 13.5 Å². The van der Waals surface area contributed by atoms with Crippen LogP contribution in [0.25, 0.3) is 0 Å². The lowest BCUT2D eigenvalue weighted by Crippen LogP contribution is -2.55. The highest BCUT2D eigenvalue weighted by Gasteiger charge is 2.56. The summed E-state index contributed by atoms with van der Waals surface area (Å²) in [7, 11) is -0.387. The number of hydrogen-bond acceptors (Lipinski definition) is 5. The molecule has 8 heteroatoms. The van der Waals surface area contributed by atoms with E-state index in [0.717, 1.165) is 5.56 Å². The highest BCUT2D eigenvalue weighted by atomic mass is 32.2. The van der Waals surface area contributed by atoms with Gasteiger partial charge in [-0.25, -0.2) is 8.42 Å². The van der Waals surface area contributed by atoms with E-state index in [-0.39, 0.29) is 31.1 Å². The molecular formula is C17H22N2O5S. The molecule has 0 radical (unpaired) electrons. The average Bonchev–Trinajstić information content (AvgIpc) is 2.75. The van der Waals surface area contributed by atoms with E-state index in [2.05, 4.69) is 0 Å². The van der Waals surface area contributed by atoms with Crippen LogP contribution in [0, 0.1) is 0 Å². The van der Waals surface area contributed by atoms with E-state index in [4.69, 9.17) is 4.74 Å². The molecule has 7 nitrogen and oxygen atoms in total. The fourth-order valence-corrected chi connectivity index (χ4v) is 5.76. The molecule has 0 N–H and O–H groups in total. The van der Waals surface area contributed by atoms with Gasteiger partial charge in [0.15, 0.2) is 9.84 Å². The minimum absolute atomic E-state index is 0.0486. The van der Waals surface area contributed by atoms with E-state index in [1.807, 2.05) is 24.3 Å². The smallest absolute Gasteiger partial charge is 0.238 e. The van der Waals surface area contributed by atoms with Gasteiger partial charge in [0.2, 0.25) is 11.8 Å². The van der Waals surface area contributed by atoms with E-state index < -0.39 is 20.5 Å². The van der Waals surface area contributed by atoms with Gasteiger partial charge >= 0.3 is 0 Å². The molecule has 2 aliphatic rings. The van der Waals surface area contributed by atoms with Crippen LogP contribution in [0.3, 0.4) is 0 Å². The molecule has 2 fully saturated rings. The maximum absolute atomic E-state index is 12.5. The van der Waals surface area contributed by atoms with Crippen molar-refractivity contribution in [2.75, 3.05) is 33.0 Å². The zero-order valence-corrected chi connectivity index (χ0v) is 15.2. The van der Waals surface area contributed by atoms with Gasteiger partial charge in [-0.05, 0) is 17.7 Å². The molecule has 25 heavy (non-hydrogen) atoms. The van der Waals surface area contributed by atoms with Crippen molar-refractivity contribution in [2.24, 2.45) is 0 Å². The van der Waals surface area contributed by atoms with E-state index in [0.29, 0.717) is 18.8 Å². The van der Waals surface area contributed by atoms with E-state index >= 15 is 0 Å². The van der Waals surface area contributed by atoms with Crippen LogP contribution >= 0.6 is 0 Å². The van der Waals surface area contributed by atoms with E-state index in [1.54, 1.807) is 19.1 Å².